The molecule has 0 bridgehead atoms. The summed E-state index contributed by atoms with van der Waals surface area (Å²) in [7, 11) is -0.553. The number of carbonyl (C=O) groups is 1. The van der Waals surface area contributed by atoms with Gasteiger partial charge >= 0.3 is 0 Å². The Morgan fingerprint density at radius 1 is 1.14 bits per heavy atom. The molecule has 29 heavy (non-hydrogen) atoms. The molecule has 1 amide bonds. The third-order valence-corrected chi connectivity index (χ3v) is 7.72. The smallest absolute Gasteiger partial charge is 0.243 e. The summed E-state index contributed by atoms with van der Waals surface area (Å²) < 4.78 is 37.8. The highest BCUT2D eigenvalue weighted by Crippen LogP contribution is 2.29. The molecule has 162 valence electrons. The number of hydrogen-bond acceptors (Lipinski definition) is 6. The van der Waals surface area contributed by atoms with Crippen LogP contribution in [0.4, 0.5) is 0 Å². The molecule has 0 unspecified atom stereocenters. The van der Waals surface area contributed by atoms with Crippen LogP contribution in [0.5, 0.6) is 5.75 Å². The third-order valence-electron chi connectivity index (χ3n) is 5.53. The molecule has 1 atom stereocenters. The second kappa shape index (κ2) is 9.61. The summed E-state index contributed by atoms with van der Waals surface area (Å²) in [6.07, 6.45) is 1.44. The molecule has 2 aliphatic rings. The molecule has 3 rings (SSSR count). The topological polar surface area (TPSA) is 79.4 Å². The maximum atomic E-state index is 13.1. The molecular weight excluding hydrogens is 418 g/mol. The Hall–Kier alpha value is -1.39. The van der Waals surface area contributed by atoms with Crippen LogP contribution in [0.25, 0.3) is 0 Å². The summed E-state index contributed by atoms with van der Waals surface area (Å²) in [5.41, 5.74) is 0. The summed E-state index contributed by atoms with van der Waals surface area (Å²) >= 11 is 6.11. The molecular formula is C19H28ClN3O5S. The lowest BCUT2D eigenvalue weighted by atomic mass is 10.2. The van der Waals surface area contributed by atoms with E-state index in [1.54, 1.807) is 13.2 Å². The van der Waals surface area contributed by atoms with Crippen LogP contribution < -0.4 is 4.74 Å². The standard InChI is InChI=1S/C19H28ClN3O5S/c1-27-13-12-22-9-6-17(19(22)24)21-7-3-8-23(11-10-21)29(25,26)15-4-5-18(28-2)16(20)14-15/h4-5,14,17H,3,6-13H2,1-2H3/t17-/m0/s1. The molecule has 0 aliphatic carbocycles. The van der Waals surface area contributed by atoms with E-state index in [9.17, 15) is 13.2 Å². The number of likely N-dealkylation sites (tertiary alicyclic amines) is 1. The second-order valence-corrected chi connectivity index (χ2v) is 9.56. The third kappa shape index (κ3) is 4.86. The monoisotopic (exact) mass is 445 g/mol. The lowest BCUT2D eigenvalue weighted by Gasteiger charge is -2.26. The highest BCUT2D eigenvalue weighted by atomic mass is 35.5. The number of amides is 1. The zero-order chi connectivity index (χ0) is 21.0. The maximum Gasteiger partial charge on any atom is 0.243 e. The van der Waals surface area contributed by atoms with Gasteiger partial charge in [0.1, 0.15) is 5.75 Å². The molecule has 0 radical (unpaired) electrons. The number of ether oxygens (including phenoxy) is 2. The van der Waals surface area contributed by atoms with Gasteiger partial charge in [0.15, 0.2) is 0 Å². The Bertz CT molecular complexity index is 835. The first-order valence-corrected chi connectivity index (χ1v) is 11.6. The van der Waals surface area contributed by atoms with Crippen molar-refractivity contribution in [1.29, 1.82) is 0 Å². The zero-order valence-electron chi connectivity index (χ0n) is 16.8. The number of carbonyl (C=O) groups excluding carboxylic acids is 1. The fourth-order valence-corrected chi connectivity index (χ4v) is 5.73. The minimum atomic E-state index is -3.66. The number of hydrogen-bond donors (Lipinski definition) is 0. The van der Waals surface area contributed by atoms with E-state index in [0.29, 0.717) is 51.5 Å². The molecule has 10 heteroatoms. The highest BCUT2D eigenvalue weighted by Gasteiger charge is 2.37. The molecule has 2 saturated heterocycles. The van der Waals surface area contributed by atoms with Crippen molar-refractivity contribution >= 4 is 27.5 Å². The molecule has 2 aliphatic heterocycles. The van der Waals surface area contributed by atoms with E-state index < -0.39 is 10.0 Å². The minimum Gasteiger partial charge on any atom is -0.495 e. The Kier molecular flexibility index (Phi) is 7.39. The Labute approximate surface area is 177 Å². The molecule has 0 N–H and O–H groups in total. The van der Waals surface area contributed by atoms with Crippen molar-refractivity contribution in [2.24, 2.45) is 0 Å². The predicted octanol–water partition coefficient (Wildman–Crippen LogP) is 1.29. The largest absolute Gasteiger partial charge is 0.495 e. The normalized spacial score (nSPS) is 22.1. The Morgan fingerprint density at radius 3 is 2.62 bits per heavy atom. The van der Waals surface area contributed by atoms with Gasteiger partial charge in [0, 0.05) is 46.4 Å². The van der Waals surface area contributed by atoms with Gasteiger partial charge in [-0.25, -0.2) is 8.42 Å². The molecule has 2 heterocycles. The maximum absolute atomic E-state index is 13.1. The van der Waals surface area contributed by atoms with Gasteiger partial charge in [0.2, 0.25) is 15.9 Å². The Morgan fingerprint density at radius 2 is 1.93 bits per heavy atom. The van der Waals surface area contributed by atoms with Gasteiger partial charge in [-0.15, -0.1) is 0 Å². The van der Waals surface area contributed by atoms with Gasteiger partial charge < -0.3 is 14.4 Å². The van der Waals surface area contributed by atoms with Crippen LogP contribution in [0.15, 0.2) is 23.1 Å². The number of rotatable bonds is 7. The van der Waals surface area contributed by atoms with E-state index in [4.69, 9.17) is 21.1 Å². The van der Waals surface area contributed by atoms with Crippen molar-refractivity contribution in [2.45, 2.75) is 23.8 Å². The molecule has 1 aromatic carbocycles. The summed E-state index contributed by atoms with van der Waals surface area (Å²) in [6.45, 7) is 3.81. The lowest BCUT2D eigenvalue weighted by Crippen LogP contribution is -2.44. The van der Waals surface area contributed by atoms with Crippen molar-refractivity contribution in [1.82, 2.24) is 14.1 Å². The Balaban J connectivity index is 1.66. The molecule has 0 aromatic heterocycles. The number of halogens is 1. The molecule has 0 saturated carbocycles. The fraction of sp³-hybridized carbons (Fsp3) is 0.632. The van der Waals surface area contributed by atoms with Crippen LogP contribution in [0, 0.1) is 0 Å². The van der Waals surface area contributed by atoms with Crippen LogP contribution in [-0.4, -0.2) is 94.6 Å². The number of nitrogens with zero attached hydrogens (tertiary/aromatic N) is 3. The first-order valence-electron chi connectivity index (χ1n) is 9.74. The van der Waals surface area contributed by atoms with Gasteiger partial charge in [0.05, 0.1) is 29.7 Å². The number of methoxy groups -OCH3 is 2. The average Bonchev–Trinajstić information content (AvgIpc) is 2.91. The van der Waals surface area contributed by atoms with Crippen LogP contribution in [0.2, 0.25) is 5.02 Å². The quantitative estimate of drug-likeness (QED) is 0.629. The van der Waals surface area contributed by atoms with E-state index in [1.165, 1.54) is 23.5 Å². The molecule has 1 aromatic rings. The molecule has 2 fully saturated rings. The summed E-state index contributed by atoms with van der Waals surface area (Å²) in [5.74, 6) is 0.547. The first-order chi connectivity index (χ1) is 13.9. The SMILES string of the molecule is COCCN1CC[C@H](N2CCCN(S(=O)(=O)c3ccc(OC)c(Cl)c3)CC2)C1=O. The molecule has 8 nitrogen and oxygen atoms in total. The van der Waals surface area contributed by atoms with Gasteiger partial charge in [-0.3, -0.25) is 9.69 Å². The van der Waals surface area contributed by atoms with E-state index >= 15 is 0 Å². The zero-order valence-corrected chi connectivity index (χ0v) is 18.4. The van der Waals surface area contributed by atoms with Gasteiger partial charge in [-0.1, -0.05) is 11.6 Å². The van der Waals surface area contributed by atoms with Crippen molar-refractivity contribution in [3.8, 4) is 5.75 Å². The van der Waals surface area contributed by atoms with E-state index in [2.05, 4.69) is 4.90 Å². The summed E-state index contributed by atoms with van der Waals surface area (Å²) in [5, 5.41) is 0.262. The van der Waals surface area contributed by atoms with Gasteiger partial charge in [-0.05, 0) is 31.0 Å². The predicted molar refractivity (Wildman–Crippen MR) is 110 cm³/mol. The van der Waals surface area contributed by atoms with Crippen molar-refractivity contribution in [3.63, 3.8) is 0 Å². The fourth-order valence-electron chi connectivity index (χ4n) is 3.91. The van der Waals surface area contributed by atoms with Crippen LogP contribution in [-0.2, 0) is 19.6 Å². The second-order valence-electron chi connectivity index (χ2n) is 7.21. The van der Waals surface area contributed by atoms with Crippen LogP contribution in [0.1, 0.15) is 12.8 Å². The van der Waals surface area contributed by atoms with Crippen molar-refractivity contribution in [3.05, 3.63) is 23.2 Å². The van der Waals surface area contributed by atoms with E-state index in [1.807, 2.05) is 4.90 Å². The lowest BCUT2D eigenvalue weighted by molar-refractivity contribution is -0.132. The first kappa shape index (κ1) is 22.3. The number of sulfonamides is 1. The average molecular weight is 446 g/mol. The minimum absolute atomic E-state index is 0.111. The van der Waals surface area contributed by atoms with Crippen LogP contribution in [0.3, 0.4) is 0 Å². The van der Waals surface area contributed by atoms with Gasteiger partial charge in [-0.2, -0.15) is 4.31 Å². The number of benzene rings is 1. The summed E-state index contributed by atoms with van der Waals surface area (Å²) in [6, 6.07) is 4.32. The van der Waals surface area contributed by atoms with Crippen molar-refractivity contribution in [2.75, 3.05) is 60.1 Å². The highest BCUT2D eigenvalue weighted by molar-refractivity contribution is 7.89. The molecule has 0 spiro atoms. The van der Waals surface area contributed by atoms with Crippen molar-refractivity contribution < 1.29 is 22.7 Å². The summed E-state index contributed by atoms with van der Waals surface area (Å²) in [4.78, 5) is 16.8. The van der Waals surface area contributed by atoms with E-state index in [0.717, 1.165) is 13.0 Å². The van der Waals surface area contributed by atoms with E-state index in [-0.39, 0.29) is 21.9 Å². The van der Waals surface area contributed by atoms with Crippen LogP contribution >= 0.6 is 11.6 Å². The van der Waals surface area contributed by atoms with Gasteiger partial charge in [0.25, 0.3) is 0 Å².